The van der Waals surface area contributed by atoms with Gasteiger partial charge in [-0.15, -0.1) is 0 Å². The Morgan fingerprint density at radius 3 is 1.40 bits per heavy atom. The molecule has 0 spiro atoms. The van der Waals surface area contributed by atoms with Gasteiger partial charge in [0.1, 0.15) is 0 Å². The van der Waals surface area contributed by atoms with Crippen molar-refractivity contribution < 1.29 is 50.6 Å². The standard InChI is InChI=1S/C30H39N5O5S.C24H28N4O6S.C6H8N2/c1-19-11-12-21(13-26(19)35-18-22(17-32-35)28(36)31-16-20-9-7-8-10-20)29(37)33-24-14-23(30(2,3)4)15-25(27(24)40-5)34-41(6,38)39;1-14-7-8-15(9-20(14)28-13-16(12-25-28)23(30)31)22(29)26-18-10-17(24(2,3)4)11-19(21(18)34-5)27-35(6,32)33;7-5-6-1-3-8-4-2-6/h11-15,17-18,20,34H,7-10,16H2,1-6H3,(H,31,36)(H,33,37);7-13,27H,1-6H3,(H,26,29)(H,30,31);1-4H,5,7H2. The van der Waals surface area contributed by atoms with Gasteiger partial charge < -0.3 is 36.3 Å². The van der Waals surface area contributed by atoms with E-state index in [0.717, 1.165) is 53.2 Å². The summed E-state index contributed by atoms with van der Waals surface area (Å²) in [6, 6.07) is 20.9. The lowest BCUT2D eigenvalue weighted by Gasteiger charge is -2.24. The van der Waals surface area contributed by atoms with Crippen molar-refractivity contribution in [2.24, 2.45) is 11.7 Å². The van der Waals surface area contributed by atoms with Crippen LogP contribution >= 0.6 is 0 Å². The maximum absolute atomic E-state index is 13.5. The highest BCUT2D eigenvalue weighted by atomic mass is 32.2. The summed E-state index contributed by atoms with van der Waals surface area (Å²) in [5, 5.41) is 26.4. The maximum Gasteiger partial charge on any atom is 0.338 e. The van der Waals surface area contributed by atoms with Crippen molar-refractivity contribution in [3.63, 3.8) is 0 Å². The van der Waals surface area contributed by atoms with E-state index in [1.807, 2.05) is 73.6 Å². The number of benzene rings is 4. The van der Waals surface area contributed by atoms with Gasteiger partial charge in [-0.3, -0.25) is 28.8 Å². The number of hydrogen-bond donors (Lipinski definition) is 7. The van der Waals surface area contributed by atoms with Crippen LogP contribution in [-0.4, -0.2) is 103 Å². The third-order valence-corrected chi connectivity index (χ3v) is 14.7. The van der Waals surface area contributed by atoms with Crippen molar-refractivity contribution in [2.75, 3.05) is 53.4 Å². The van der Waals surface area contributed by atoms with Gasteiger partial charge in [-0.05, 0) is 132 Å². The molecule has 22 nitrogen and oxygen atoms in total. The van der Waals surface area contributed by atoms with Crippen LogP contribution in [0.4, 0.5) is 22.7 Å². The Kier molecular flexibility index (Phi) is 20.9. The van der Waals surface area contributed by atoms with E-state index < -0.39 is 37.8 Å². The first-order chi connectivity index (χ1) is 39.4. The number of rotatable bonds is 17. The van der Waals surface area contributed by atoms with Crippen LogP contribution in [0.25, 0.3) is 11.4 Å². The Labute approximate surface area is 491 Å². The molecule has 0 saturated heterocycles. The Hall–Kier alpha value is -8.61. The summed E-state index contributed by atoms with van der Waals surface area (Å²) < 4.78 is 66.9. The zero-order valence-corrected chi connectivity index (χ0v) is 51.0. The average molecular weight is 1190 g/mol. The number of aryl methyl sites for hydroxylation is 2. The molecule has 1 aliphatic carbocycles. The number of ether oxygens (including phenoxy) is 2. The van der Waals surface area contributed by atoms with Gasteiger partial charge in [-0.1, -0.05) is 66.5 Å². The molecule has 3 aromatic heterocycles. The van der Waals surface area contributed by atoms with E-state index in [4.69, 9.17) is 15.2 Å². The number of carbonyl (C=O) groups excluding carboxylic acids is 3. The van der Waals surface area contributed by atoms with E-state index in [1.54, 1.807) is 77.9 Å². The normalized spacial score (nSPS) is 12.6. The highest BCUT2D eigenvalue weighted by Crippen LogP contribution is 2.41. The van der Waals surface area contributed by atoms with Crippen molar-refractivity contribution in [1.82, 2.24) is 29.9 Å². The van der Waals surface area contributed by atoms with E-state index in [-0.39, 0.29) is 45.2 Å². The topological polar surface area (TPSA) is 310 Å². The molecule has 3 amide bonds. The summed E-state index contributed by atoms with van der Waals surface area (Å²) in [7, 11) is -4.41. The average Bonchev–Trinajstić information content (AvgIpc) is 2.96. The molecule has 8 rings (SSSR count). The lowest BCUT2D eigenvalue weighted by atomic mass is 9.86. The Balaban J connectivity index is 0.000000239. The minimum absolute atomic E-state index is 0.0221. The second-order valence-corrected chi connectivity index (χ2v) is 25.9. The molecular weight excluding hydrogens is 1110 g/mol. The third-order valence-electron chi connectivity index (χ3n) is 13.5. The highest BCUT2D eigenvalue weighted by molar-refractivity contribution is 7.92. The second-order valence-electron chi connectivity index (χ2n) is 22.4. The molecule has 1 aliphatic rings. The summed E-state index contributed by atoms with van der Waals surface area (Å²) in [6.07, 6.45) is 16.1. The fourth-order valence-corrected chi connectivity index (χ4v) is 10.00. The molecule has 8 N–H and O–H groups in total. The van der Waals surface area contributed by atoms with E-state index >= 15 is 0 Å². The Morgan fingerprint density at radius 1 is 0.619 bits per heavy atom. The zero-order valence-electron chi connectivity index (χ0n) is 49.4. The lowest BCUT2D eigenvalue weighted by molar-refractivity contribution is 0.0696. The fourth-order valence-electron chi connectivity index (χ4n) is 8.89. The number of carboxylic acid groups (broad SMARTS) is 1. The van der Waals surface area contributed by atoms with Crippen LogP contribution in [0.1, 0.15) is 136 Å². The molecule has 0 radical (unpaired) electrons. The van der Waals surface area contributed by atoms with E-state index in [0.29, 0.717) is 58.4 Å². The molecule has 0 bridgehead atoms. The summed E-state index contributed by atoms with van der Waals surface area (Å²) >= 11 is 0. The molecule has 24 heteroatoms. The van der Waals surface area contributed by atoms with E-state index in [1.165, 1.54) is 50.3 Å². The summed E-state index contributed by atoms with van der Waals surface area (Å²) in [5.74, 6) is -1.25. The van der Waals surface area contributed by atoms with E-state index in [2.05, 4.69) is 40.6 Å². The summed E-state index contributed by atoms with van der Waals surface area (Å²) in [4.78, 5) is 54.4. The number of nitrogens with two attached hydrogens (primary N) is 1. The minimum Gasteiger partial charge on any atom is -0.492 e. The van der Waals surface area contributed by atoms with Crippen molar-refractivity contribution in [3.8, 4) is 22.9 Å². The largest absolute Gasteiger partial charge is 0.492 e. The van der Waals surface area contributed by atoms with Crippen molar-refractivity contribution in [1.29, 1.82) is 0 Å². The lowest BCUT2D eigenvalue weighted by Crippen LogP contribution is -2.28. The molecular formula is C60H75N11O11S2. The number of aromatic nitrogens is 5. The number of pyridine rings is 1. The van der Waals surface area contributed by atoms with Gasteiger partial charge in [0.25, 0.3) is 17.7 Å². The molecule has 448 valence electrons. The predicted octanol–water partition coefficient (Wildman–Crippen LogP) is 9.38. The molecule has 7 aromatic rings. The van der Waals surface area contributed by atoms with Crippen LogP contribution < -0.4 is 40.6 Å². The van der Waals surface area contributed by atoms with Crippen LogP contribution in [0.2, 0.25) is 0 Å². The number of carbonyl (C=O) groups is 4. The minimum atomic E-state index is -3.61. The summed E-state index contributed by atoms with van der Waals surface area (Å²) in [6.45, 7) is 16.8. The van der Waals surface area contributed by atoms with Gasteiger partial charge >= 0.3 is 5.97 Å². The number of aromatic carboxylic acids is 1. The number of hydrogen-bond acceptors (Lipinski definition) is 14. The summed E-state index contributed by atoms with van der Waals surface area (Å²) in [5.41, 5.74) is 12.4. The van der Waals surface area contributed by atoms with Gasteiger partial charge in [-0.2, -0.15) is 10.2 Å². The number of methoxy groups -OCH3 is 2. The number of anilines is 4. The quantitative estimate of drug-likeness (QED) is 0.0447. The van der Waals surface area contributed by atoms with Crippen LogP contribution in [0.15, 0.2) is 110 Å². The van der Waals surface area contributed by atoms with E-state index in [9.17, 15) is 41.1 Å². The SMILES string of the molecule is COc1c(NC(=O)c2ccc(C)c(-n3cc(C(=O)NCC4CCCC4)cn3)c2)cc(C(C)(C)C)cc1NS(C)(=O)=O.COc1c(NC(=O)c2ccc(C)c(-n3cc(C(=O)O)cn3)c2)cc(C(C)(C)C)cc1NS(C)(=O)=O.NCc1ccncc1. The smallest absolute Gasteiger partial charge is 0.338 e. The fraction of sp³-hybridized carbons (Fsp3) is 0.350. The molecule has 3 heterocycles. The van der Waals surface area contributed by atoms with Crippen LogP contribution in [-0.2, 0) is 37.4 Å². The van der Waals surface area contributed by atoms with Gasteiger partial charge in [0.2, 0.25) is 20.0 Å². The van der Waals surface area contributed by atoms with Crippen LogP contribution in [0.3, 0.4) is 0 Å². The number of carboxylic acids is 1. The van der Waals surface area contributed by atoms with Gasteiger partial charge in [0.05, 0.1) is 84.4 Å². The molecule has 0 aliphatic heterocycles. The van der Waals surface area contributed by atoms with Crippen molar-refractivity contribution in [3.05, 3.63) is 160 Å². The molecule has 0 atom stereocenters. The molecule has 0 unspecified atom stereocenters. The molecule has 4 aromatic carbocycles. The van der Waals surface area contributed by atoms with Crippen LogP contribution in [0.5, 0.6) is 11.5 Å². The molecule has 84 heavy (non-hydrogen) atoms. The first kappa shape index (κ1) is 64.6. The Bertz CT molecular complexity index is 3750. The monoisotopic (exact) mass is 1190 g/mol. The predicted molar refractivity (Wildman–Crippen MR) is 326 cm³/mol. The maximum atomic E-state index is 13.5. The van der Waals surface area contributed by atoms with Gasteiger partial charge in [0.15, 0.2) is 11.5 Å². The van der Waals surface area contributed by atoms with Crippen molar-refractivity contribution >= 4 is 66.5 Å². The second kappa shape index (κ2) is 27.2. The van der Waals surface area contributed by atoms with Gasteiger partial charge in [-0.25, -0.2) is 31.0 Å². The molecule has 1 fully saturated rings. The number of amides is 3. The van der Waals surface area contributed by atoms with Gasteiger partial charge in [0, 0.05) is 49.0 Å². The number of sulfonamides is 2. The highest BCUT2D eigenvalue weighted by Gasteiger charge is 2.26. The first-order valence-electron chi connectivity index (χ1n) is 26.8. The number of nitrogens with one attached hydrogen (secondary N) is 5. The zero-order chi connectivity index (χ0) is 61.9. The van der Waals surface area contributed by atoms with Crippen molar-refractivity contribution in [2.45, 2.75) is 98.4 Å². The first-order valence-corrected chi connectivity index (χ1v) is 30.6. The third kappa shape index (κ3) is 17.7. The Morgan fingerprint density at radius 2 is 1.04 bits per heavy atom. The van der Waals surface area contributed by atoms with Crippen LogP contribution in [0, 0.1) is 19.8 Å². The molecule has 1 saturated carbocycles. The number of nitrogens with zero attached hydrogens (tertiary/aromatic N) is 5.